The average molecular weight is 463 g/mol. The second-order valence-corrected chi connectivity index (χ2v) is 9.18. The van der Waals surface area contributed by atoms with Gasteiger partial charge in [-0.1, -0.05) is 50.2 Å². The molecule has 1 fully saturated rings. The van der Waals surface area contributed by atoms with E-state index in [0.29, 0.717) is 30.6 Å². The summed E-state index contributed by atoms with van der Waals surface area (Å²) in [5.41, 5.74) is 2.76. The summed E-state index contributed by atoms with van der Waals surface area (Å²) in [4.78, 5) is 44.6. The number of para-hydroxylation sites is 1. The molecule has 1 atom stereocenters. The molecule has 0 saturated carbocycles. The molecule has 4 rings (SSSR count). The average Bonchev–Trinajstić information content (AvgIpc) is 3.16. The summed E-state index contributed by atoms with van der Waals surface area (Å²) in [6.45, 7) is 9.73. The molecule has 7 nitrogen and oxygen atoms in total. The Hall–Kier alpha value is -3.19. The Labute approximate surface area is 201 Å². The lowest BCUT2D eigenvalue weighted by molar-refractivity contribution is -0.121. The number of hydrogen-bond acceptors (Lipinski definition) is 4. The molecule has 0 aliphatic carbocycles. The third-order valence-electron chi connectivity index (χ3n) is 7.19. The number of nitrogens with zero attached hydrogens (tertiary/aromatic N) is 3. The summed E-state index contributed by atoms with van der Waals surface area (Å²) in [5, 5.41) is 3.03. The van der Waals surface area contributed by atoms with Gasteiger partial charge in [-0.2, -0.15) is 0 Å². The van der Waals surface area contributed by atoms with Gasteiger partial charge in [0.25, 0.3) is 5.91 Å². The van der Waals surface area contributed by atoms with Gasteiger partial charge in [-0.25, -0.2) is 0 Å². The lowest BCUT2D eigenvalue weighted by Gasteiger charge is -2.48. The summed E-state index contributed by atoms with van der Waals surface area (Å²) in [7, 11) is 0. The monoisotopic (exact) mass is 462 g/mol. The number of rotatable bonds is 9. The third-order valence-corrected chi connectivity index (χ3v) is 7.19. The van der Waals surface area contributed by atoms with Gasteiger partial charge in [-0.3, -0.25) is 24.2 Å². The number of carbonyl (C=O) groups is 3. The molecule has 1 unspecified atom stereocenters. The van der Waals surface area contributed by atoms with E-state index in [9.17, 15) is 14.4 Å². The summed E-state index contributed by atoms with van der Waals surface area (Å²) >= 11 is 0. The van der Waals surface area contributed by atoms with Gasteiger partial charge in [-0.05, 0) is 49.7 Å². The molecule has 1 N–H and O–H groups in total. The summed E-state index contributed by atoms with van der Waals surface area (Å²) in [6.07, 6.45) is 1.14. The largest absolute Gasteiger partial charge is 0.352 e. The number of nitrogens with one attached hydrogen (secondary N) is 1. The molecule has 0 radical (unpaired) electrons. The number of anilines is 1. The first kappa shape index (κ1) is 24.0. The quantitative estimate of drug-likeness (QED) is 0.619. The highest BCUT2D eigenvalue weighted by atomic mass is 16.2. The fourth-order valence-electron chi connectivity index (χ4n) is 5.11. The van der Waals surface area contributed by atoms with E-state index in [1.165, 1.54) is 5.56 Å². The summed E-state index contributed by atoms with van der Waals surface area (Å²) < 4.78 is 0. The second kappa shape index (κ2) is 9.97. The van der Waals surface area contributed by atoms with Gasteiger partial charge in [-0.15, -0.1) is 0 Å². The Morgan fingerprint density at radius 3 is 2.44 bits per heavy atom. The highest BCUT2D eigenvalue weighted by molar-refractivity contribution is 6.10. The van der Waals surface area contributed by atoms with Gasteiger partial charge >= 0.3 is 0 Å². The van der Waals surface area contributed by atoms with E-state index < -0.39 is 5.66 Å². The second-order valence-electron chi connectivity index (χ2n) is 9.18. The maximum absolute atomic E-state index is 13.3. The van der Waals surface area contributed by atoms with Crippen LogP contribution in [-0.4, -0.2) is 52.8 Å². The van der Waals surface area contributed by atoms with Gasteiger partial charge in [0.2, 0.25) is 11.8 Å². The molecule has 7 heteroatoms. The maximum Gasteiger partial charge on any atom is 0.257 e. The molecule has 2 aromatic rings. The summed E-state index contributed by atoms with van der Waals surface area (Å²) in [5.74, 6) is -0.216. The molecule has 0 bridgehead atoms. The molecule has 2 aliphatic heterocycles. The van der Waals surface area contributed by atoms with Crippen molar-refractivity contribution in [3.8, 4) is 0 Å². The fraction of sp³-hybridized carbons (Fsp3) is 0.444. The van der Waals surface area contributed by atoms with Crippen LogP contribution in [0.15, 0.2) is 48.5 Å². The Kier molecular flexibility index (Phi) is 7.03. The lowest BCUT2D eigenvalue weighted by Crippen LogP contribution is -2.62. The number of benzene rings is 2. The van der Waals surface area contributed by atoms with E-state index in [2.05, 4.69) is 30.1 Å². The van der Waals surface area contributed by atoms with Gasteiger partial charge in [0, 0.05) is 32.5 Å². The zero-order valence-corrected chi connectivity index (χ0v) is 20.3. The highest BCUT2D eigenvalue weighted by Gasteiger charge is 2.52. The van der Waals surface area contributed by atoms with Gasteiger partial charge in [0.1, 0.15) is 5.66 Å². The van der Waals surface area contributed by atoms with Gasteiger partial charge in [0.05, 0.1) is 11.3 Å². The van der Waals surface area contributed by atoms with E-state index in [-0.39, 0.29) is 30.7 Å². The minimum atomic E-state index is -0.737. The molecule has 2 heterocycles. The Morgan fingerprint density at radius 1 is 1.03 bits per heavy atom. The van der Waals surface area contributed by atoms with Crippen LogP contribution in [0.4, 0.5) is 5.69 Å². The normalized spacial score (nSPS) is 19.4. The standard InChI is InChI=1S/C27H34N4O3/c1-4-29(5-2)19-21-11-7-6-10-20(21)18-28-24(32)15-17-30-26(34)22-12-8-9-13-23(22)31-25(33)14-16-27(30,31)3/h6-13H,4-5,14-19H2,1-3H3,(H,28,32). The predicted molar refractivity (Wildman–Crippen MR) is 132 cm³/mol. The van der Waals surface area contributed by atoms with Gasteiger partial charge in [0.15, 0.2) is 0 Å². The van der Waals surface area contributed by atoms with E-state index >= 15 is 0 Å². The molecule has 1 saturated heterocycles. The van der Waals surface area contributed by atoms with Crippen LogP contribution in [0.25, 0.3) is 0 Å². The van der Waals surface area contributed by atoms with Crippen molar-refractivity contribution in [2.24, 2.45) is 0 Å². The highest BCUT2D eigenvalue weighted by Crippen LogP contribution is 2.43. The smallest absolute Gasteiger partial charge is 0.257 e. The predicted octanol–water partition coefficient (Wildman–Crippen LogP) is 3.53. The Morgan fingerprint density at radius 2 is 1.71 bits per heavy atom. The van der Waals surface area contributed by atoms with Crippen molar-refractivity contribution in [1.29, 1.82) is 0 Å². The van der Waals surface area contributed by atoms with Crippen LogP contribution in [-0.2, 0) is 22.7 Å². The Balaban J connectivity index is 1.42. The van der Waals surface area contributed by atoms with Crippen molar-refractivity contribution >= 4 is 23.4 Å². The van der Waals surface area contributed by atoms with Crippen molar-refractivity contribution in [2.75, 3.05) is 24.5 Å². The van der Waals surface area contributed by atoms with Crippen LogP contribution in [0.3, 0.4) is 0 Å². The molecule has 0 spiro atoms. The first-order valence-electron chi connectivity index (χ1n) is 12.2. The number of amides is 3. The van der Waals surface area contributed by atoms with Crippen LogP contribution >= 0.6 is 0 Å². The number of hydrogen-bond donors (Lipinski definition) is 1. The molecule has 180 valence electrons. The Bertz CT molecular complexity index is 1080. The van der Waals surface area contributed by atoms with Gasteiger partial charge < -0.3 is 10.2 Å². The molecule has 0 aromatic heterocycles. The minimum Gasteiger partial charge on any atom is -0.352 e. The van der Waals surface area contributed by atoms with E-state index in [1.807, 2.05) is 37.3 Å². The van der Waals surface area contributed by atoms with Crippen molar-refractivity contribution in [3.05, 3.63) is 65.2 Å². The first-order chi connectivity index (χ1) is 16.4. The number of fused-ring (bicyclic) bond motifs is 3. The maximum atomic E-state index is 13.3. The van der Waals surface area contributed by atoms with Crippen LogP contribution in [0.5, 0.6) is 0 Å². The molecular formula is C27H34N4O3. The molecular weight excluding hydrogens is 428 g/mol. The lowest BCUT2D eigenvalue weighted by atomic mass is 9.98. The van der Waals surface area contributed by atoms with Crippen LogP contribution in [0.1, 0.15) is 61.5 Å². The van der Waals surface area contributed by atoms with Crippen molar-refractivity contribution in [3.63, 3.8) is 0 Å². The zero-order chi connectivity index (χ0) is 24.3. The molecule has 34 heavy (non-hydrogen) atoms. The van der Waals surface area contributed by atoms with Crippen molar-refractivity contribution in [1.82, 2.24) is 15.1 Å². The SMILES string of the molecule is CCN(CC)Cc1ccccc1CNC(=O)CCN1C(=O)c2ccccc2N2C(=O)CCC12C. The molecule has 3 amide bonds. The van der Waals surface area contributed by atoms with Crippen molar-refractivity contribution < 1.29 is 14.4 Å². The van der Waals surface area contributed by atoms with Crippen molar-refractivity contribution in [2.45, 2.75) is 58.8 Å². The van der Waals surface area contributed by atoms with Crippen LogP contribution in [0.2, 0.25) is 0 Å². The molecule has 2 aromatic carbocycles. The third kappa shape index (κ3) is 4.44. The minimum absolute atomic E-state index is 0.0155. The fourth-order valence-corrected chi connectivity index (χ4v) is 5.11. The zero-order valence-electron chi connectivity index (χ0n) is 20.3. The van der Waals surface area contributed by atoms with E-state index in [0.717, 1.165) is 25.2 Å². The molecule has 2 aliphatic rings. The topological polar surface area (TPSA) is 73.0 Å². The first-order valence-corrected chi connectivity index (χ1v) is 12.2. The van der Waals surface area contributed by atoms with E-state index in [4.69, 9.17) is 0 Å². The van der Waals surface area contributed by atoms with Crippen LogP contribution < -0.4 is 10.2 Å². The number of carbonyl (C=O) groups excluding carboxylic acids is 3. The van der Waals surface area contributed by atoms with Crippen LogP contribution in [0, 0.1) is 0 Å². The summed E-state index contributed by atoms with van der Waals surface area (Å²) in [6, 6.07) is 15.4. The van der Waals surface area contributed by atoms with E-state index in [1.54, 1.807) is 21.9 Å².